The highest BCUT2D eigenvalue weighted by atomic mass is 79.9. The summed E-state index contributed by atoms with van der Waals surface area (Å²) in [6.45, 7) is 1.29. The molecule has 122 valence electrons. The summed E-state index contributed by atoms with van der Waals surface area (Å²) < 4.78 is 6.65. The molecule has 2 aromatic rings. The van der Waals surface area contributed by atoms with E-state index in [1.54, 1.807) is 12.1 Å². The van der Waals surface area contributed by atoms with Gasteiger partial charge in [-0.25, -0.2) is 4.79 Å². The van der Waals surface area contributed by atoms with Crippen LogP contribution >= 0.6 is 27.5 Å². The standard InChI is InChI=1S/C17H17BrClNO3/c18-12-3-6-14(7-4-12)23-10-2-1-9-20-16-8-5-13(19)11-15(16)17(21)22/h3-8,11,20H,1-2,9-10H2,(H,21,22). The van der Waals surface area contributed by atoms with Crippen LogP contribution in [0.3, 0.4) is 0 Å². The van der Waals surface area contributed by atoms with Gasteiger partial charge in [0.2, 0.25) is 0 Å². The molecule has 23 heavy (non-hydrogen) atoms. The van der Waals surface area contributed by atoms with Gasteiger partial charge in [-0.3, -0.25) is 0 Å². The van der Waals surface area contributed by atoms with E-state index in [0.717, 1.165) is 23.1 Å². The lowest BCUT2D eigenvalue weighted by molar-refractivity contribution is 0.0698. The van der Waals surface area contributed by atoms with Crippen molar-refractivity contribution in [1.29, 1.82) is 0 Å². The molecule has 0 heterocycles. The van der Waals surface area contributed by atoms with Crippen LogP contribution < -0.4 is 10.1 Å². The van der Waals surface area contributed by atoms with Gasteiger partial charge in [-0.1, -0.05) is 27.5 Å². The number of aromatic carboxylic acids is 1. The van der Waals surface area contributed by atoms with Crippen molar-refractivity contribution < 1.29 is 14.6 Å². The number of ether oxygens (including phenoxy) is 1. The molecule has 6 heteroatoms. The van der Waals surface area contributed by atoms with Crippen molar-refractivity contribution in [3.05, 3.63) is 57.5 Å². The first-order valence-electron chi connectivity index (χ1n) is 7.21. The summed E-state index contributed by atoms with van der Waals surface area (Å²) in [7, 11) is 0. The molecule has 0 bridgehead atoms. The number of anilines is 1. The number of carboxylic acid groups (broad SMARTS) is 1. The summed E-state index contributed by atoms with van der Waals surface area (Å²) in [5, 5.41) is 12.7. The van der Waals surface area contributed by atoms with Gasteiger partial charge in [-0.05, 0) is 55.3 Å². The average Bonchev–Trinajstić information content (AvgIpc) is 2.53. The number of hydrogen-bond acceptors (Lipinski definition) is 3. The van der Waals surface area contributed by atoms with Gasteiger partial charge in [-0.15, -0.1) is 0 Å². The normalized spacial score (nSPS) is 10.3. The molecule has 0 aliphatic heterocycles. The first kappa shape index (κ1) is 17.6. The third-order valence-corrected chi connectivity index (χ3v) is 3.94. The van der Waals surface area contributed by atoms with E-state index in [1.807, 2.05) is 24.3 Å². The van der Waals surface area contributed by atoms with E-state index < -0.39 is 5.97 Å². The zero-order valence-electron chi connectivity index (χ0n) is 12.4. The van der Waals surface area contributed by atoms with Crippen molar-refractivity contribution >= 4 is 39.2 Å². The van der Waals surface area contributed by atoms with Crippen LogP contribution in [0.15, 0.2) is 46.9 Å². The van der Waals surface area contributed by atoms with Crippen molar-refractivity contribution in [1.82, 2.24) is 0 Å². The van der Waals surface area contributed by atoms with Crippen LogP contribution in [0.25, 0.3) is 0 Å². The molecule has 0 aromatic heterocycles. The quantitative estimate of drug-likeness (QED) is 0.609. The molecule has 0 amide bonds. The van der Waals surface area contributed by atoms with Crippen LogP contribution in [0.2, 0.25) is 5.02 Å². The van der Waals surface area contributed by atoms with Gasteiger partial charge in [0.15, 0.2) is 0 Å². The van der Waals surface area contributed by atoms with E-state index in [1.165, 1.54) is 6.07 Å². The van der Waals surface area contributed by atoms with E-state index in [4.69, 9.17) is 21.4 Å². The Balaban J connectivity index is 1.71. The topological polar surface area (TPSA) is 58.6 Å². The van der Waals surface area contributed by atoms with Crippen molar-refractivity contribution in [3.63, 3.8) is 0 Å². The number of nitrogens with one attached hydrogen (secondary N) is 1. The summed E-state index contributed by atoms with van der Waals surface area (Å²) in [5.74, 6) is -0.152. The third kappa shape index (κ3) is 5.77. The van der Waals surface area contributed by atoms with Crippen LogP contribution in [0.5, 0.6) is 5.75 Å². The molecule has 0 saturated carbocycles. The molecule has 0 aliphatic carbocycles. The Kier molecular flexibility index (Phi) is 6.74. The molecule has 0 atom stereocenters. The van der Waals surface area contributed by atoms with E-state index in [0.29, 0.717) is 23.9 Å². The summed E-state index contributed by atoms with van der Waals surface area (Å²) >= 11 is 9.20. The highest BCUT2D eigenvalue weighted by molar-refractivity contribution is 9.10. The molecule has 0 unspecified atom stereocenters. The number of carboxylic acids is 1. The van der Waals surface area contributed by atoms with Crippen molar-refractivity contribution in [2.45, 2.75) is 12.8 Å². The molecule has 2 N–H and O–H groups in total. The Labute approximate surface area is 148 Å². The highest BCUT2D eigenvalue weighted by Crippen LogP contribution is 2.21. The Morgan fingerprint density at radius 2 is 1.91 bits per heavy atom. The highest BCUT2D eigenvalue weighted by Gasteiger charge is 2.10. The molecular weight excluding hydrogens is 382 g/mol. The van der Waals surface area contributed by atoms with Crippen molar-refractivity contribution in [2.75, 3.05) is 18.5 Å². The number of halogens is 2. The summed E-state index contributed by atoms with van der Waals surface area (Å²) in [4.78, 5) is 11.2. The van der Waals surface area contributed by atoms with E-state index in [-0.39, 0.29) is 5.56 Å². The van der Waals surface area contributed by atoms with Gasteiger partial charge in [-0.2, -0.15) is 0 Å². The Bertz CT molecular complexity index is 661. The monoisotopic (exact) mass is 397 g/mol. The fourth-order valence-electron chi connectivity index (χ4n) is 2.02. The minimum absolute atomic E-state index is 0.184. The molecule has 2 rings (SSSR count). The molecule has 2 aromatic carbocycles. The maximum Gasteiger partial charge on any atom is 0.337 e. The van der Waals surface area contributed by atoms with Gasteiger partial charge in [0, 0.05) is 21.7 Å². The second-order valence-electron chi connectivity index (χ2n) is 4.93. The minimum Gasteiger partial charge on any atom is -0.494 e. The summed E-state index contributed by atoms with van der Waals surface area (Å²) in [5.41, 5.74) is 0.763. The predicted octanol–water partition coefficient (Wildman–Crippen LogP) is 5.07. The van der Waals surface area contributed by atoms with Crippen LogP contribution in [-0.2, 0) is 0 Å². The largest absolute Gasteiger partial charge is 0.494 e. The second kappa shape index (κ2) is 8.79. The summed E-state index contributed by atoms with van der Waals surface area (Å²) in [6, 6.07) is 12.5. The number of unbranched alkanes of at least 4 members (excludes halogenated alkanes) is 1. The molecule has 0 spiro atoms. The second-order valence-corrected chi connectivity index (χ2v) is 6.28. The number of rotatable bonds is 8. The van der Waals surface area contributed by atoms with Crippen molar-refractivity contribution in [3.8, 4) is 5.75 Å². The maximum atomic E-state index is 11.2. The zero-order chi connectivity index (χ0) is 16.7. The SMILES string of the molecule is O=C(O)c1cc(Cl)ccc1NCCCCOc1ccc(Br)cc1. The van der Waals surface area contributed by atoms with E-state index >= 15 is 0 Å². The van der Waals surface area contributed by atoms with Crippen LogP contribution in [0, 0.1) is 0 Å². The average molecular weight is 399 g/mol. The van der Waals surface area contributed by atoms with Gasteiger partial charge in [0.1, 0.15) is 5.75 Å². The maximum absolute atomic E-state index is 11.2. The first-order valence-corrected chi connectivity index (χ1v) is 8.38. The number of hydrogen-bond donors (Lipinski definition) is 2. The van der Waals surface area contributed by atoms with E-state index in [2.05, 4.69) is 21.2 Å². The van der Waals surface area contributed by atoms with Gasteiger partial charge in [0.05, 0.1) is 12.2 Å². The number of carbonyl (C=O) groups is 1. The first-order chi connectivity index (χ1) is 11.1. The van der Waals surface area contributed by atoms with Gasteiger partial charge >= 0.3 is 5.97 Å². The van der Waals surface area contributed by atoms with Gasteiger partial charge < -0.3 is 15.2 Å². The molecule has 0 aliphatic rings. The fourth-order valence-corrected chi connectivity index (χ4v) is 2.45. The minimum atomic E-state index is -0.992. The smallest absolute Gasteiger partial charge is 0.337 e. The lowest BCUT2D eigenvalue weighted by atomic mass is 10.1. The van der Waals surface area contributed by atoms with Gasteiger partial charge in [0.25, 0.3) is 0 Å². The number of benzene rings is 2. The third-order valence-electron chi connectivity index (χ3n) is 3.18. The molecule has 0 fully saturated rings. The molecule has 0 radical (unpaired) electrons. The van der Waals surface area contributed by atoms with Crippen LogP contribution in [0.1, 0.15) is 23.2 Å². The van der Waals surface area contributed by atoms with E-state index in [9.17, 15) is 4.79 Å². The Morgan fingerprint density at radius 1 is 1.17 bits per heavy atom. The van der Waals surface area contributed by atoms with Crippen LogP contribution in [0.4, 0.5) is 5.69 Å². The molecule has 0 saturated heterocycles. The fraction of sp³-hybridized carbons (Fsp3) is 0.235. The summed E-state index contributed by atoms with van der Waals surface area (Å²) in [6.07, 6.45) is 1.75. The Hall–Kier alpha value is -1.72. The van der Waals surface area contributed by atoms with Crippen LogP contribution in [-0.4, -0.2) is 24.2 Å². The molecular formula is C17H17BrClNO3. The Morgan fingerprint density at radius 3 is 2.61 bits per heavy atom. The predicted molar refractivity (Wildman–Crippen MR) is 95.8 cm³/mol. The lowest BCUT2D eigenvalue weighted by Gasteiger charge is -2.10. The van der Waals surface area contributed by atoms with Crippen molar-refractivity contribution in [2.24, 2.45) is 0 Å². The zero-order valence-corrected chi connectivity index (χ0v) is 14.7. The lowest BCUT2D eigenvalue weighted by Crippen LogP contribution is -2.09. The molecule has 4 nitrogen and oxygen atoms in total.